The van der Waals surface area contributed by atoms with Gasteiger partial charge in [-0.25, -0.2) is 5.43 Å². The van der Waals surface area contributed by atoms with Gasteiger partial charge in [-0.3, -0.25) is 4.79 Å². The first-order valence-electron chi connectivity index (χ1n) is 6.10. The summed E-state index contributed by atoms with van der Waals surface area (Å²) in [6.07, 6.45) is 1.49. The Morgan fingerprint density at radius 1 is 1.19 bits per heavy atom. The molecule has 2 aromatic rings. The molecule has 0 spiro atoms. The molecule has 0 saturated heterocycles. The van der Waals surface area contributed by atoms with Gasteiger partial charge in [-0.2, -0.15) is 5.10 Å². The molecule has 6 heteroatoms. The fourth-order valence-electron chi connectivity index (χ4n) is 1.48. The minimum absolute atomic E-state index is 0.176. The number of nitrogens with one attached hydrogen (secondary N) is 1. The minimum Gasteiger partial charge on any atom is -0.272 e. The van der Waals surface area contributed by atoms with Crippen LogP contribution in [0.15, 0.2) is 58.5 Å². The number of amides is 1. The van der Waals surface area contributed by atoms with Crippen LogP contribution >= 0.6 is 35.0 Å². The lowest BCUT2D eigenvalue weighted by atomic mass is 10.2. The van der Waals surface area contributed by atoms with Crippen LogP contribution in [0.4, 0.5) is 0 Å². The van der Waals surface area contributed by atoms with Crippen LogP contribution in [-0.2, 0) is 4.79 Å². The largest absolute Gasteiger partial charge is 0.272 e. The summed E-state index contributed by atoms with van der Waals surface area (Å²) >= 11 is 13.2. The van der Waals surface area contributed by atoms with Crippen LogP contribution in [0.1, 0.15) is 5.56 Å². The Kier molecular flexibility index (Phi) is 6.11. The van der Waals surface area contributed by atoms with Crippen molar-refractivity contribution in [2.45, 2.75) is 4.90 Å². The van der Waals surface area contributed by atoms with E-state index in [4.69, 9.17) is 23.2 Å². The summed E-state index contributed by atoms with van der Waals surface area (Å²) in [4.78, 5) is 12.7. The van der Waals surface area contributed by atoms with Crippen LogP contribution in [0.3, 0.4) is 0 Å². The highest BCUT2D eigenvalue weighted by atomic mass is 35.5. The third-order valence-electron chi connectivity index (χ3n) is 2.47. The first kappa shape index (κ1) is 15.9. The summed E-state index contributed by atoms with van der Waals surface area (Å²) in [5, 5.41) is 4.92. The Hall–Kier alpha value is -1.49. The van der Waals surface area contributed by atoms with E-state index in [2.05, 4.69) is 10.5 Å². The maximum absolute atomic E-state index is 11.6. The Labute approximate surface area is 137 Å². The van der Waals surface area contributed by atoms with Crippen molar-refractivity contribution in [2.75, 3.05) is 5.75 Å². The lowest BCUT2D eigenvalue weighted by molar-refractivity contribution is -0.118. The number of hydrogen-bond acceptors (Lipinski definition) is 3. The number of carbonyl (C=O) groups excluding carboxylic acids is 1. The van der Waals surface area contributed by atoms with Gasteiger partial charge in [0, 0.05) is 15.5 Å². The van der Waals surface area contributed by atoms with E-state index in [1.54, 1.807) is 18.2 Å². The summed E-state index contributed by atoms with van der Waals surface area (Å²) in [5.41, 5.74) is 3.15. The third kappa shape index (κ3) is 5.42. The monoisotopic (exact) mass is 338 g/mol. The Bertz CT molecular complexity index is 647. The summed E-state index contributed by atoms with van der Waals surface area (Å²) in [5.74, 6) is 0.126. The standard InChI is InChI=1S/C15H12Cl2N2OS/c16-12-7-6-11(14(17)8-12)9-18-19-15(20)10-21-13-4-2-1-3-5-13/h1-9H,10H2,(H,19,20)/b18-9-. The van der Waals surface area contributed by atoms with Gasteiger partial charge in [0.1, 0.15) is 0 Å². The van der Waals surface area contributed by atoms with E-state index in [1.807, 2.05) is 30.3 Å². The number of rotatable bonds is 5. The Morgan fingerprint density at radius 3 is 2.67 bits per heavy atom. The number of hydrogen-bond donors (Lipinski definition) is 1. The van der Waals surface area contributed by atoms with Crippen molar-refractivity contribution in [2.24, 2.45) is 5.10 Å². The first-order valence-corrected chi connectivity index (χ1v) is 7.84. The summed E-state index contributed by atoms with van der Waals surface area (Å²) in [6.45, 7) is 0. The van der Waals surface area contributed by atoms with Gasteiger partial charge < -0.3 is 0 Å². The van der Waals surface area contributed by atoms with E-state index >= 15 is 0 Å². The molecule has 0 fully saturated rings. The molecule has 1 amide bonds. The molecule has 3 nitrogen and oxygen atoms in total. The molecule has 21 heavy (non-hydrogen) atoms. The first-order chi connectivity index (χ1) is 10.1. The maximum Gasteiger partial charge on any atom is 0.250 e. The van der Waals surface area contributed by atoms with Crippen molar-refractivity contribution in [3.63, 3.8) is 0 Å². The van der Waals surface area contributed by atoms with E-state index in [1.165, 1.54) is 18.0 Å². The van der Waals surface area contributed by atoms with Gasteiger partial charge in [0.25, 0.3) is 0 Å². The molecule has 0 saturated carbocycles. The zero-order valence-electron chi connectivity index (χ0n) is 10.9. The van der Waals surface area contributed by atoms with Gasteiger partial charge in [-0.15, -0.1) is 11.8 Å². The SMILES string of the molecule is O=C(CSc1ccccc1)N/N=C\c1ccc(Cl)cc1Cl. The highest BCUT2D eigenvalue weighted by Gasteiger charge is 2.02. The normalized spacial score (nSPS) is 10.8. The predicted octanol–water partition coefficient (Wildman–Crippen LogP) is 4.24. The van der Waals surface area contributed by atoms with Gasteiger partial charge >= 0.3 is 0 Å². The molecular formula is C15H12Cl2N2OS. The van der Waals surface area contributed by atoms with Crippen LogP contribution in [0, 0.1) is 0 Å². The van der Waals surface area contributed by atoms with E-state index < -0.39 is 0 Å². The Morgan fingerprint density at radius 2 is 1.95 bits per heavy atom. The van der Waals surface area contributed by atoms with Gasteiger partial charge in [0.05, 0.1) is 17.0 Å². The lowest BCUT2D eigenvalue weighted by Crippen LogP contribution is -2.19. The van der Waals surface area contributed by atoms with Crippen molar-refractivity contribution in [3.8, 4) is 0 Å². The molecule has 108 valence electrons. The van der Waals surface area contributed by atoms with Crippen molar-refractivity contribution < 1.29 is 4.79 Å². The number of nitrogens with zero attached hydrogens (tertiary/aromatic N) is 1. The van der Waals surface area contributed by atoms with Crippen LogP contribution in [0.25, 0.3) is 0 Å². The zero-order valence-corrected chi connectivity index (χ0v) is 13.3. The summed E-state index contributed by atoms with van der Waals surface area (Å²) in [6, 6.07) is 14.8. The number of benzene rings is 2. The number of hydrazone groups is 1. The van der Waals surface area contributed by atoms with Crippen LogP contribution in [-0.4, -0.2) is 17.9 Å². The van der Waals surface area contributed by atoms with Gasteiger partial charge in [-0.1, -0.05) is 47.5 Å². The molecular weight excluding hydrogens is 327 g/mol. The van der Waals surface area contributed by atoms with Gasteiger partial charge in [-0.05, 0) is 24.3 Å². The fourth-order valence-corrected chi connectivity index (χ4v) is 2.65. The summed E-state index contributed by atoms with van der Waals surface area (Å²) in [7, 11) is 0. The second-order valence-corrected chi connectivity index (χ2v) is 5.95. The second-order valence-electron chi connectivity index (χ2n) is 4.06. The summed E-state index contributed by atoms with van der Waals surface area (Å²) < 4.78 is 0. The average molecular weight is 339 g/mol. The van der Waals surface area contributed by atoms with Crippen LogP contribution in [0.5, 0.6) is 0 Å². The molecule has 2 rings (SSSR count). The van der Waals surface area contributed by atoms with Gasteiger partial charge in [0.2, 0.25) is 5.91 Å². The molecule has 0 radical (unpaired) electrons. The smallest absolute Gasteiger partial charge is 0.250 e. The predicted molar refractivity (Wildman–Crippen MR) is 89.4 cm³/mol. The van der Waals surface area contributed by atoms with Crippen molar-refractivity contribution in [3.05, 3.63) is 64.1 Å². The number of halogens is 2. The van der Waals surface area contributed by atoms with Gasteiger partial charge in [0.15, 0.2) is 0 Å². The molecule has 0 atom stereocenters. The third-order valence-corrected chi connectivity index (χ3v) is 4.04. The topological polar surface area (TPSA) is 41.5 Å². The molecule has 0 aliphatic heterocycles. The molecule has 0 heterocycles. The van der Waals surface area contributed by atoms with Crippen molar-refractivity contribution >= 4 is 47.1 Å². The van der Waals surface area contributed by atoms with Crippen LogP contribution in [0.2, 0.25) is 10.0 Å². The highest BCUT2D eigenvalue weighted by Crippen LogP contribution is 2.19. The molecule has 0 aromatic heterocycles. The highest BCUT2D eigenvalue weighted by molar-refractivity contribution is 8.00. The average Bonchev–Trinajstić information content (AvgIpc) is 2.48. The quantitative estimate of drug-likeness (QED) is 0.503. The number of thioether (sulfide) groups is 1. The Balaban J connectivity index is 1.82. The van der Waals surface area contributed by atoms with E-state index in [9.17, 15) is 4.79 Å². The van der Waals surface area contributed by atoms with E-state index in [0.29, 0.717) is 21.4 Å². The van der Waals surface area contributed by atoms with Crippen molar-refractivity contribution in [1.29, 1.82) is 0 Å². The maximum atomic E-state index is 11.6. The molecule has 0 aliphatic carbocycles. The van der Waals surface area contributed by atoms with Crippen molar-refractivity contribution in [1.82, 2.24) is 5.43 Å². The molecule has 2 aromatic carbocycles. The zero-order chi connectivity index (χ0) is 15.1. The number of carbonyl (C=O) groups is 1. The molecule has 0 aliphatic rings. The lowest BCUT2D eigenvalue weighted by Gasteiger charge is -2.01. The minimum atomic E-state index is -0.176. The molecule has 0 unspecified atom stereocenters. The van der Waals surface area contributed by atoms with Crippen LogP contribution < -0.4 is 5.43 Å². The van der Waals surface area contributed by atoms with E-state index in [-0.39, 0.29) is 5.91 Å². The van der Waals surface area contributed by atoms with E-state index in [0.717, 1.165) is 4.90 Å². The fraction of sp³-hybridized carbons (Fsp3) is 0.0667. The molecule has 1 N–H and O–H groups in total. The molecule has 0 bridgehead atoms. The second kappa shape index (κ2) is 8.08.